The van der Waals surface area contributed by atoms with Gasteiger partial charge in [-0.2, -0.15) is 0 Å². The maximum Gasteiger partial charge on any atom is 0.261 e. The average molecular weight is 241 g/mol. The van der Waals surface area contributed by atoms with Gasteiger partial charge in [-0.25, -0.2) is 4.39 Å². The van der Waals surface area contributed by atoms with E-state index in [1.165, 1.54) is 19.1 Å². The number of hydrogen-bond donors (Lipinski definition) is 2. The second kappa shape index (κ2) is 6.20. The summed E-state index contributed by atoms with van der Waals surface area (Å²) >= 11 is 0. The number of nitrogens with one attached hydrogen (secondary N) is 1. The molecular weight excluding hydrogens is 225 g/mol. The fraction of sp³-hybridized carbons (Fsp3) is 0.417. The molecule has 0 saturated carbocycles. The Morgan fingerprint density at radius 2 is 2.12 bits per heavy atom. The third kappa shape index (κ3) is 4.03. The van der Waals surface area contributed by atoms with Gasteiger partial charge in [-0.15, -0.1) is 0 Å². The lowest BCUT2D eigenvalue weighted by molar-refractivity contribution is -0.128. The summed E-state index contributed by atoms with van der Waals surface area (Å²) < 4.78 is 18.4. The lowest BCUT2D eigenvalue weighted by Crippen LogP contribution is -2.42. The van der Waals surface area contributed by atoms with Crippen LogP contribution >= 0.6 is 0 Å². The van der Waals surface area contributed by atoms with Gasteiger partial charge in [0.25, 0.3) is 5.91 Å². The van der Waals surface area contributed by atoms with Gasteiger partial charge in [-0.1, -0.05) is 12.1 Å². The van der Waals surface area contributed by atoms with Crippen LogP contribution in [-0.2, 0) is 4.79 Å². The Hall–Kier alpha value is -1.62. The van der Waals surface area contributed by atoms with Gasteiger partial charge in [-0.3, -0.25) is 4.79 Å². The minimum absolute atomic E-state index is 0.0341. The molecule has 1 unspecified atom stereocenters. The van der Waals surface area contributed by atoms with Crippen molar-refractivity contribution in [1.82, 2.24) is 5.32 Å². The molecule has 0 fully saturated rings. The van der Waals surface area contributed by atoms with Crippen LogP contribution in [0.3, 0.4) is 0 Å². The van der Waals surface area contributed by atoms with Crippen LogP contribution in [0, 0.1) is 5.82 Å². The van der Waals surface area contributed by atoms with Crippen molar-refractivity contribution >= 4 is 5.91 Å². The van der Waals surface area contributed by atoms with Crippen LogP contribution in [0.5, 0.6) is 5.75 Å². The van der Waals surface area contributed by atoms with E-state index in [-0.39, 0.29) is 18.4 Å². The number of rotatable bonds is 5. The van der Waals surface area contributed by atoms with Gasteiger partial charge in [0.05, 0.1) is 6.61 Å². The molecule has 0 aliphatic rings. The van der Waals surface area contributed by atoms with Crippen molar-refractivity contribution in [2.45, 2.75) is 26.0 Å². The molecule has 94 valence electrons. The number of aliphatic hydroxyl groups is 1. The molecule has 4 nitrogen and oxygen atoms in total. The minimum atomic E-state index is -0.819. The molecule has 0 aromatic heterocycles. The molecule has 0 aliphatic heterocycles. The quantitative estimate of drug-likeness (QED) is 0.811. The SMILES string of the molecule is CC(Oc1ccccc1F)C(=O)N[C@H](C)CO. The maximum atomic E-state index is 13.2. The molecule has 2 N–H and O–H groups in total. The number of benzene rings is 1. The molecule has 17 heavy (non-hydrogen) atoms. The molecule has 5 heteroatoms. The number of ether oxygens (including phenoxy) is 1. The molecule has 2 atom stereocenters. The molecule has 0 heterocycles. The topological polar surface area (TPSA) is 58.6 Å². The number of amides is 1. The summed E-state index contributed by atoms with van der Waals surface area (Å²) in [6.45, 7) is 3.03. The van der Waals surface area contributed by atoms with Crippen LogP contribution in [0.1, 0.15) is 13.8 Å². The normalized spacial score (nSPS) is 13.9. The lowest BCUT2D eigenvalue weighted by Gasteiger charge is -2.17. The van der Waals surface area contributed by atoms with E-state index in [9.17, 15) is 9.18 Å². The van der Waals surface area contributed by atoms with E-state index >= 15 is 0 Å². The zero-order chi connectivity index (χ0) is 12.8. The van der Waals surface area contributed by atoms with E-state index in [0.717, 1.165) is 0 Å². The van der Waals surface area contributed by atoms with Crippen molar-refractivity contribution in [3.8, 4) is 5.75 Å². The number of hydrogen-bond acceptors (Lipinski definition) is 3. The Morgan fingerprint density at radius 3 is 2.71 bits per heavy atom. The standard InChI is InChI=1S/C12H16FNO3/c1-8(7-15)14-12(16)9(2)17-11-6-4-3-5-10(11)13/h3-6,8-9,15H,7H2,1-2H3,(H,14,16)/t8-,9?/m1/s1. The molecule has 1 rings (SSSR count). The Labute approximate surface area is 99.4 Å². The largest absolute Gasteiger partial charge is 0.478 e. The Bertz CT molecular complexity index is 384. The lowest BCUT2D eigenvalue weighted by atomic mass is 10.3. The summed E-state index contributed by atoms with van der Waals surface area (Å²) in [7, 11) is 0. The van der Waals surface area contributed by atoms with Gasteiger partial charge >= 0.3 is 0 Å². The predicted octanol–water partition coefficient (Wildman–Crippen LogP) is 1.09. The van der Waals surface area contributed by atoms with E-state index in [4.69, 9.17) is 9.84 Å². The molecule has 0 bridgehead atoms. The molecule has 0 radical (unpaired) electrons. The highest BCUT2D eigenvalue weighted by Crippen LogP contribution is 2.16. The fourth-order valence-corrected chi connectivity index (χ4v) is 1.19. The molecule has 0 spiro atoms. The Kier molecular flexibility index (Phi) is 4.90. The average Bonchev–Trinajstić information content (AvgIpc) is 2.31. The second-order valence-electron chi connectivity index (χ2n) is 3.78. The number of carbonyl (C=O) groups excluding carboxylic acids is 1. The van der Waals surface area contributed by atoms with Crippen LogP contribution in [0.25, 0.3) is 0 Å². The number of aliphatic hydroxyl groups excluding tert-OH is 1. The Morgan fingerprint density at radius 1 is 1.47 bits per heavy atom. The maximum absolute atomic E-state index is 13.2. The number of para-hydroxylation sites is 1. The van der Waals surface area contributed by atoms with E-state index in [1.54, 1.807) is 19.1 Å². The van der Waals surface area contributed by atoms with Crippen molar-refractivity contribution in [3.63, 3.8) is 0 Å². The first kappa shape index (κ1) is 13.4. The molecule has 0 aliphatic carbocycles. The van der Waals surface area contributed by atoms with Gasteiger partial charge in [0.15, 0.2) is 17.7 Å². The van der Waals surface area contributed by atoms with Crippen molar-refractivity contribution in [1.29, 1.82) is 0 Å². The van der Waals surface area contributed by atoms with Crippen LogP contribution in [-0.4, -0.2) is 29.8 Å². The molecular formula is C12H16FNO3. The van der Waals surface area contributed by atoms with Gasteiger partial charge < -0.3 is 15.2 Å². The third-order valence-electron chi connectivity index (χ3n) is 2.17. The van der Waals surface area contributed by atoms with Crippen molar-refractivity contribution in [2.75, 3.05) is 6.61 Å². The smallest absolute Gasteiger partial charge is 0.261 e. The van der Waals surface area contributed by atoms with E-state index in [2.05, 4.69) is 5.32 Å². The first-order valence-electron chi connectivity index (χ1n) is 5.37. The number of halogens is 1. The van der Waals surface area contributed by atoms with Crippen LogP contribution in [0.15, 0.2) is 24.3 Å². The van der Waals surface area contributed by atoms with Gasteiger partial charge in [-0.05, 0) is 26.0 Å². The van der Waals surface area contributed by atoms with Gasteiger partial charge in [0, 0.05) is 6.04 Å². The molecule has 1 amide bonds. The highest BCUT2D eigenvalue weighted by atomic mass is 19.1. The molecule has 1 aromatic carbocycles. The van der Waals surface area contributed by atoms with Crippen molar-refractivity contribution in [3.05, 3.63) is 30.1 Å². The zero-order valence-electron chi connectivity index (χ0n) is 9.81. The zero-order valence-corrected chi connectivity index (χ0v) is 9.81. The van der Waals surface area contributed by atoms with Crippen LogP contribution < -0.4 is 10.1 Å². The van der Waals surface area contributed by atoms with Gasteiger partial charge in [0.2, 0.25) is 0 Å². The first-order chi connectivity index (χ1) is 8.04. The predicted molar refractivity (Wildman–Crippen MR) is 61.2 cm³/mol. The van der Waals surface area contributed by atoms with E-state index in [1.807, 2.05) is 0 Å². The Balaban J connectivity index is 2.57. The third-order valence-corrected chi connectivity index (χ3v) is 2.17. The summed E-state index contributed by atoms with van der Waals surface area (Å²) in [5.74, 6) is -0.871. The highest BCUT2D eigenvalue weighted by molar-refractivity contribution is 5.80. The van der Waals surface area contributed by atoms with Crippen molar-refractivity contribution in [2.24, 2.45) is 0 Å². The van der Waals surface area contributed by atoms with Gasteiger partial charge in [0.1, 0.15) is 0 Å². The second-order valence-corrected chi connectivity index (χ2v) is 3.78. The summed E-state index contributed by atoms with van der Waals surface area (Å²) in [5, 5.41) is 11.3. The molecule has 0 saturated heterocycles. The number of carbonyl (C=O) groups is 1. The van der Waals surface area contributed by atoms with Crippen LogP contribution in [0.2, 0.25) is 0 Å². The highest BCUT2D eigenvalue weighted by Gasteiger charge is 2.17. The summed E-state index contributed by atoms with van der Waals surface area (Å²) in [6, 6.07) is 5.53. The minimum Gasteiger partial charge on any atom is -0.478 e. The monoisotopic (exact) mass is 241 g/mol. The van der Waals surface area contributed by atoms with E-state index < -0.39 is 17.8 Å². The molecule has 1 aromatic rings. The summed E-state index contributed by atoms with van der Waals surface area (Å²) in [6.07, 6.45) is -0.819. The van der Waals surface area contributed by atoms with E-state index in [0.29, 0.717) is 0 Å². The summed E-state index contributed by atoms with van der Waals surface area (Å²) in [5.41, 5.74) is 0. The van der Waals surface area contributed by atoms with Crippen molar-refractivity contribution < 1.29 is 19.0 Å². The first-order valence-corrected chi connectivity index (χ1v) is 5.37. The van der Waals surface area contributed by atoms with Crippen LogP contribution in [0.4, 0.5) is 4.39 Å². The fourth-order valence-electron chi connectivity index (χ4n) is 1.19. The summed E-state index contributed by atoms with van der Waals surface area (Å²) in [4.78, 5) is 11.6.